The lowest BCUT2D eigenvalue weighted by atomic mass is 9.94. The quantitative estimate of drug-likeness (QED) is 0.231. The molecule has 3 aliphatic rings. The summed E-state index contributed by atoms with van der Waals surface area (Å²) in [5, 5.41) is 5.34. The molecule has 2 aromatic carbocycles. The standard InChI is InChI=1S/C28H32N4O5S/c1-34-23-9-7-22(8-10-23)32-25-24(26(29-32)38-37-35-2)11-14-31(27(25)33)21-5-3-20(4-6-21)28(12-13-28)19-30-15-17-36-18-16-30/h3-10H,11-19H2,1-2H3. The molecular formula is C28H32N4O5S. The van der Waals surface area contributed by atoms with Gasteiger partial charge in [-0.2, -0.15) is 9.43 Å². The molecule has 1 aromatic heterocycles. The molecule has 2 aliphatic heterocycles. The molecule has 9 nitrogen and oxygen atoms in total. The molecule has 2 fully saturated rings. The number of fused-ring (bicyclic) bond motifs is 1. The van der Waals surface area contributed by atoms with Crippen LogP contribution in [0.25, 0.3) is 5.69 Å². The fraction of sp³-hybridized carbons (Fsp3) is 0.429. The van der Waals surface area contributed by atoms with Gasteiger partial charge in [-0.25, -0.2) is 9.57 Å². The highest BCUT2D eigenvalue weighted by atomic mass is 32.2. The van der Waals surface area contributed by atoms with Gasteiger partial charge in [0.15, 0.2) is 5.03 Å². The lowest BCUT2D eigenvalue weighted by Gasteiger charge is -2.31. The maximum absolute atomic E-state index is 13.9. The Morgan fingerprint density at radius 1 is 0.974 bits per heavy atom. The SMILES string of the molecule is COOSc1nn(-c2ccc(OC)cc2)c2c1CCN(c1ccc(C3(CN4CCOCC4)CC3)cc1)C2=O. The number of rotatable bonds is 9. The van der Waals surface area contributed by atoms with Crippen LogP contribution in [0.15, 0.2) is 53.6 Å². The molecule has 6 rings (SSSR count). The molecule has 0 spiro atoms. The van der Waals surface area contributed by atoms with Gasteiger partial charge >= 0.3 is 0 Å². The number of nitrogens with zero attached hydrogens (tertiary/aromatic N) is 4. The number of hydrogen-bond donors (Lipinski definition) is 0. The van der Waals surface area contributed by atoms with Gasteiger partial charge in [-0.15, -0.1) is 0 Å². The summed E-state index contributed by atoms with van der Waals surface area (Å²) in [5.41, 5.74) is 4.67. The zero-order valence-corrected chi connectivity index (χ0v) is 22.5. The van der Waals surface area contributed by atoms with Crippen LogP contribution >= 0.6 is 12.0 Å². The van der Waals surface area contributed by atoms with E-state index in [-0.39, 0.29) is 11.3 Å². The molecular weight excluding hydrogens is 504 g/mol. The van der Waals surface area contributed by atoms with Crippen LogP contribution in [0.3, 0.4) is 0 Å². The largest absolute Gasteiger partial charge is 0.497 e. The summed E-state index contributed by atoms with van der Waals surface area (Å²) in [6.45, 7) is 5.29. The molecule has 3 aromatic rings. The fourth-order valence-corrected chi connectivity index (χ4v) is 6.04. The third-order valence-corrected chi connectivity index (χ3v) is 8.44. The summed E-state index contributed by atoms with van der Waals surface area (Å²) in [7, 11) is 3.07. The predicted octanol–water partition coefficient (Wildman–Crippen LogP) is 4.03. The second-order valence-corrected chi connectivity index (χ2v) is 10.7. The van der Waals surface area contributed by atoms with E-state index in [4.69, 9.17) is 23.8 Å². The summed E-state index contributed by atoms with van der Waals surface area (Å²) in [5.74, 6) is 0.656. The molecule has 0 unspecified atom stereocenters. The summed E-state index contributed by atoms with van der Waals surface area (Å²) in [4.78, 5) is 23.1. The van der Waals surface area contributed by atoms with Crippen LogP contribution in [0.1, 0.15) is 34.5 Å². The van der Waals surface area contributed by atoms with Gasteiger partial charge in [0.1, 0.15) is 11.4 Å². The van der Waals surface area contributed by atoms with E-state index in [0.717, 1.165) is 67.6 Å². The van der Waals surface area contributed by atoms with E-state index in [9.17, 15) is 4.79 Å². The highest BCUT2D eigenvalue weighted by Crippen LogP contribution is 2.49. The van der Waals surface area contributed by atoms with Gasteiger partial charge in [0.2, 0.25) is 0 Å². The molecule has 38 heavy (non-hydrogen) atoms. The minimum atomic E-state index is -0.0824. The number of ether oxygens (including phenoxy) is 2. The summed E-state index contributed by atoms with van der Waals surface area (Å²) >= 11 is 1.02. The Bertz CT molecular complexity index is 1280. The summed E-state index contributed by atoms with van der Waals surface area (Å²) < 4.78 is 17.6. The van der Waals surface area contributed by atoms with Crippen molar-refractivity contribution in [2.45, 2.75) is 29.7 Å². The molecule has 0 bridgehead atoms. The van der Waals surface area contributed by atoms with Gasteiger partial charge in [-0.3, -0.25) is 9.69 Å². The zero-order valence-electron chi connectivity index (χ0n) is 21.7. The average molecular weight is 537 g/mol. The van der Waals surface area contributed by atoms with Crippen LogP contribution in [-0.4, -0.2) is 74.2 Å². The highest BCUT2D eigenvalue weighted by molar-refractivity contribution is 7.94. The molecule has 200 valence electrons. The predicted molar refractivity (Wildman–Crippen MR) is 144 cm³/mol. The van der Waals surface area contributed by atoms with E-state index in [0.29, 0.717) is 23.7 Å². The molecule has 0 atom stereocenters. The Balaban J connectivity index is 1.26. The van der Waals surface area contributed by atoms with Crippen molar-refractivity contribution in [1.29, 1.82) is 0 Å². The monoisotopic (exact) mass is 536 g/mol. The maximum atomic E-state index is 13.9. The molecule has 1 amide bonds. The topological polar surface area (TPSA) is 78.3 Å². The zero-order chi connectivity index (χ0) is 26.1. The number of anilines is 1. The third kappa shape index (κ3) is 4.83. The van der Waals surface area contributed by atoms with Crippen molar-refractivity contribution in [3.05, 3.63) is 65.4 Å². The van der Waals surface area contributed by atoms with Crippen molar-refractivity contribution in [3.63, 3.8) is 0 Å². The first-order valence-electron chi connectivity index (χ1n) is 13.0. The fourth-order valence-electron chi connectivity index (χ4n) is 5.49. The minimum Gasteiger partial charge on any atom is -0.497 e. The number of carbonyl (C=O) groups excluding carboxylic acids is 1. The van der Waals surface area contributed by atoms with Crippen molar-refractivity contribution >= 4 is 23.6 Å². The van der Waals surface area contributed by atoms with E-state index in [1.807, 2.05) is 29.2 Å². The first-order valence-corrected chi connectivity index (χ1v) is 13.7. The van der Waals surface area contributed by atoms with Crippen molar-refractivity contribution < 1.29 is 23.5 Å². The first kappa shape index (κ1) is 25.4. The van der Waals surface area contributed by atoms with E-state index in [1.54, 1.807) is 11.8 Å². The van der Waals surface area contributed by atoms with Crippen LogP contribution in [0.5, 0.6) is 5.75 Å². The normalized spacial score (nSPS) is 18.9. The number of hydrogen-bond acceptors (Lipinski definition) is 8. The average Bonchev–Trinajstić information content (AvgIpc) is 3.65. The number of amides is 1. The Morgan fingerprint density at radius 3 is 2.34 bits per heavy atom. The van der Waals surface area contributed by atoms with Crippen LogP contribution in [0.4, 0.5) is 5.69 Å². The van der Waals surface area contributed by atoms with Gasteiger partial charge in [0, 0.05) is 42.8 Å². The van der Waals surface area contributed by atoms with Gasteiger partial charge in [0.25, 0.3) is 5.91 Å². The lowest BCUT2D eigenvalue weighted by Crippen LogP contribution is -2.41. The van der Waals surface area contributed by atoms with E-state index >= 15 is 0 Å². The summed E-state index contributed by atoms with van der Waals surface area (Å²) in [6.07, 6.45) is 3.08. The van der Waals surface area contributed by atoms with Gasteiger partial charge < -0.3 is 14.4 Å². The number of benzene rings is 2. The number of aromatic nitrogens is 2. The van der Waals surface area contributed by atoms with Crippen LogP contribution in [0.2, 0.25) is 0 Å². The molecule has 1 saturated heterocycles. The van der Waals surface area contributed by atoms with Gasteiger partial charge in [-0.1, -0.05) is 12.1 Å². The number of carbonyl (C=O) groups is 1. The van der Waals surface area contributed by atoms with E-state index < -0.39 is 0 Å². The smallest absolute Gasteiger partial charge is 0.277 e. The molecule has 0 radical (unpaired) electrons. The second kappa shape index (κ2) is 10.7. The Kier molecular flexibility index (Phi) is 7.15. The van der Waals surface area contributed by atoms with Crippen molar-refractivity contribution in [2.75, 3.05) is 58.5 Å². The second-order valence-electron chi connectivity index (χ2n) is 9.98. The third-order valence-electron chi connectivity index (χ3n) is 7.75. The highest BCUT2D eigenvalue weighted by Gasteiger charge is 2.45. The molecule has 1 aliphatic carbocycles. The summed E-state index contributed by atoms with van der Waals surface area (Å²) in [6, 6.07) is 16.1. The Hall–Kier alpha value is -2.89. The first-order chi connectivity index (χ1) is 18.6. The molecule has 0 N–H and O–H groups in total. The van der Waals surface area contributed by atoms with Crippen molar-refractivity contribution in [1.82, 2.24) is 14.7 Å². The molecule has 3 heterocycles. The van der Waals surface area contributed by atoms with Crippen molar-refractivity contribution in [3.8, 4) is 11.4 Å². The number of morpholine rings is 1. The van der Waals surface area contributed by atoms with Crippen molar-refractivity contribution in [2.24, 2.45) is 0 Å². The van der Waals surface area contributed by atoms with E-state index in [2.05, 4.69) is 29.2 Å². The molecule has 10 heteroatoms. The Morgan fingerprint density at radius 2 is 1.68 bits per heavy atom. The molecule has 1 saturated carbocycles. The van der Waals surface area contributed by atoms with Crippen LogP contribution < -0.4 is 9.64 Å². The van der Waals surface area contributed by atoms with Gasteiger partial charge in [-0.05, 0) is 61.2 Å². The lowest BCUT2D eigenvalue weighted by molar-refractivity contribution is -0.160. The van der Waals surface area contributed by atoms with Crippen LogP contribution in [-0.2, 0) is 25.8 Å². The minimum absolute atomic E-state index is 0.0824. The van der Waals surface area contributed by atoms with E-state index in [1.165, 1.54) is 25.5 Å². The Labute approximate surface area is 226 Å². The number of methoxy groups -OCH3 is 1. The van der Waals surface area contributed by atoms with Gasteiger partial charge in [0.05, 0.1) is 45.2 Å². The maximum Gasteiger partial charge on any atom is 0.277 e. The van der Waals surface area contributed by atoms with Crippen LogP contribution in [0, 0.1) is 0 Å².